The van der Waals surface area contributed by atoms with Crippen molar-refractivity contribution in [3.05, 3.63) is 60.2 Å². The zero-order chi connectivity index (χ0) is 24.6. The zero-order valence-electron chi connectivity index (χ0n) is 19.5. The van der Waals surface area contributed by atoms with Gasteiger partial charge in [0, 0.05) is 18.4 Å². The highest BCUT2D eigenvalue weighted by Gasteiger charge is 2.09. The minimum absolute atomic E-state index is 0.0564. The van der Waals surface area contributed by atoms with Crippen molar-refractivity contribution < 1.29 is 19.2 Å². The average molecular weight is 446 g/mol. The summed E-state index contributed by atoms with van der Waals surface area (Å²) in [6.07, 6.45) is 6.59. The Morgan fingerprint density at radius 2 is 1.69 bits per heavy atom. The molecule has 9 heteroatoms. The predicted octanol–water partition coefficient (Wildman–Crippen LogP) is 2.07. The summed E-state index contributed by atoms with van der Waals surface area (Å²) in [6, 6.07) is 10.3. The van der Waals surface area contributed by atoms with Crippen LogP contribution in [0.25, 0.3) is 0 Å². The van der Waals surface area contributed by atoms with E-state index in [1.54, 1.807) is 0 Å². The number of nitrogens with zero attached hydrogens (tertiary/aromatic N) is 2. The molecule has 176 valence electrons. The molecule has 0 atom stereocenters. The molecule has 1 heterocycles. The van der Waals surface area contributed by atoms with Crippen molar-refractivity contribution >= 4 is 24.5 Å². The van der Waals surface area contributed by atoms with E-state index in [4.69, 9.17) is 0 Å². The first-order valence-corrected chi connectivity index (χ1v) is 10.3. The third-order valence-corrected chi connectivity index (χ3v) is 2.88. The molecule has 0 fully saturated rings. The third kappa shape index (κ3) is 21.1. The monoisotopic (exact) mass is 445 g/mol. The molecule has 3 amide bonds. The van der Waals surface area contributed by atoms with Gasteiger partial charge in [-0.15, -0.1) is 0 Å². The number of aryl methyl sites for hydroxylation is 1. The van der Waals surface area contributed by atoms with Crippen LogP contribution in [0, 0.1) is 6.92 Å². The SMILES string of the molecule is CC(C)NC(=O)CNC(=O)c1cnccn1.CCC.Cc1ccccc1.O=CCNC=O. The van der Waals surface area contributed by atoms with Gasteiger partial charge in [0.25, 0.3) is 5.91 Å². The number of benzene rings is 1. The maximum absolute atomic E-state index is 11.4. The molecule has 0 saturated heterocycles. The topological polar surface area (TPSA) is 130 Å². The normalized spacial score (nSPS) is 8.69. The molecule has 0 radical (unpaired) electrons. The van der Waals surface area contributed by atoms with Gasteiger partial charge in [0.05, 0.1) is 19.3 Å². The van der Waals surface area contributed by atoms with Crippen LogP contribution in [-0.2, 0) is 14.4 Å². The molecule has 2 aromatic rings. The molecule has 0 spiro atoms. The van der Waals surface area contributed by atoms with Crippen molar-refractivity contribution in [1.82, 2.24) is 25.9 Å². The standard InChI is InChI=1S/C10H14N4O2.C7H8.C3H5NO2.C3H8/c1-7(2)14-9(15)6-13-10(16)8-5-11-3-4-12-8;1-7-5-3-2-4-6-7;5-2-1-4-3-6;1-3-2/h3-5,7H,6H2,1-2H3,(H,13,16)(H,14,15);2-6H,1H3;2-3H,1H2,(H,4,6);3H2,1-2H3. The van der Waals surface area contributed by atoms with E-state index in [0.29, 0.717) is 12.7 Å². The quantitative estimate of drug-likeness (QED) is 0.442. The van der Waals surface area contributed by atoms with Gasteiger partial charge in [-0.25, -0.2) is 4.98 Å². The van der Waals surface area contributed by atoms with E-state index in [-0.39, 0.29) is 30.7 Å². The fraction of sp³-hybridized carbons (Fsp3) is 0.391. The third-order valence-electron chi connectivity index (χ3n) is 2.88. The molecule has 2 rings (SSSR count). The van der Waals surface area contributed by atoms with Crippen molar-refractivity contribution in [3.63, 3.8) is 0 Å². The second-order valence-electron chi connectivity index (χ2n) is 6.55. The smallest absolute Gasteiger partial charge is 0.271 e. The average Bonchev–Trinajstić information content (AvgIpc) is 2.78. The van der Waals surface area contributed by atoms with E-state index >= 15 is 0 Å². The van der Waals surface area contributed by atoms with E-state index in [0.717, 1.165) is 0 Å². The van der Waals surface area contributed by atoms with Crippen LogP contribution in [0.3, 0.4) is 0 Å². The van der Waals surface area contributed by atoms with Gasteiger partial charge in [-0.3, -0.25) is 19.4 Å². The Kier molecular flexibility index (Phi) is 21.1. The van der Waals surface area contributed by atoms with Gasteiger partial charge >= 0.3 is 0 Å². The van der Waals surface area contributed by atoms with Crippen molar-refractivity contribution in [2.24, 2.45) is 0 Å². The first kappa shape index (κ1) is 30.6. The molecule has 3 N–H and O–H groups in total. The summed E-state index contributed by atoms with van der Waals surface area (Å²) in [5, 5.41) is 7.26. The first-order valence-electron chi connectivity index (χ1n) is 10.3. The zero-order valence-corrected chi connectivity index (χ0v) is 19.5. The number of rotatable bonds is 7. The van der Waals surface area contributed by atoms with Gasteiger partial charge in [-0.05, 0) is 20.8 Å². The molecule has 0 saturated carbocycles. The summed E-state index contributed by atoms with van der Waals surface area (Å²) in [7, 11) is 0. The molecule has 1 aromatic heterocycles. The van der Waals surface area contributed by atoms with E-state index in [1.165, 1.54) is 30.6 Å². The van der Waals surface area contributed by atoms with Gasteiger partial charge in [-0.1, -0.05) is 56.2 Å². The number of carbonyl (C=O) groups excluding carboxylic acids is 4. The van der Waals surface area contributed by atoms with E-state index in [2.05, 4.69) is 58.8 Å². The largest absolute Gasteiger partial charge is 0.352 e. The maximum atomic E-state index is 11.4. The van der Waals surface area contributed by atoms with Gasteiger partial charge in [0.1, 0.15) is 12.0 Å². The minimum Gasteiger partial charge on any atom is -0.352 e. The van der Waals surface area contributed by atoms with Crippen LogP contribution in [0.5, 0.6) is 0 Å². The van der Waals surface area contributed by atoms with Gasteiger partial charge in [-0.2, -0.15) is 0 Å². The Hall–Kier alpha value is -3.62. The second kappa shape index (κ2) is 22.1. The molecule has 0 aliphatic rings. The summed E-state index contributed by atoms with van der Waals surface area (Å²) < 4.78 is 0. The number of amides is 3. The highest BCUT2D eigenvalue weighted by Crippen LogP contribution is 1.92. The summed E-state index contributed by atoms with van der Waals surface area (Å²) in [5.41, 5.74) is 1.52. The fourth-order valence-corrected chi connectivity index (χ4v) is 1.67. The summed E-state index contributed by atoms with van der Waals surface area (Å²) >= 11 is 0. The molecule has 1 aromatic carbocycles. The van der Waals surface area contributed by atoms with Crippen LogP contribution >= 0.6 is 0 Å². The van der Waals surface area contributed by atoms with E-state index in [9.17, 15) is 19.2 Å². The summed E-state index contributed by atoms with van der Waals surface area (Å²) in [6.45, 7) is 10.1. The Balaban J connectivity index is 0. The lowest BCUT2D eigenvalue weighted by Crippen LogP contribution is -2.40. The lowest BCUT2D eigenvalue weighted by atomic mass is 10.2. The number of carbonyl (C=O) groups is 4. The fourth-order valence-electron chi connectivity index (χ4n) is 1.67. The summed E-state index contributed by atoms with van der Waals surface area (Å²) in [5.74, 6) is -0.640. The van der Waals surface area contributed by atoms with Crippen molar-refractivity contribution in [1.29, 1.82) is 0 Å². The Morgan fingerprint density at radius 3 is 2.06 bits per heavy atom. The number of aromatic nitrogens is 2. The van der Waals surface area contributed by atoms with Crippen LogP contribution in [-0.4, -0.2) is 53.6 Å². The highest BCUT2D eigenvalue weighted by atomic mass is 16.2. The number of hydrogen-bond acceptors (Lipinski definition) is 6. The Labute approximate surface area is 190 Å². The molecule has 0 bridgehead atoms. The molecule has 0 aliphatic carbocycles. The maximum Gasteiger partial charge on any atom is 0.271 e. The summed E-state index contributed by atoms with van der Waals surface area (Å²) in [4.78, 5) is 48.9. The highest BCUT2D eigenvalue weighted by molar-refractivity contribution is 5.94. The van der Waals surface area contributed by atoms with Gasteiger partial charge in [0.2, 0.25) is 12.3 Å². The van der Waals surface area contributed by atoms with Gasteiger partial charge in [0.15, 0.2) is 0 Å². The van der Waals surface area contributed by atoms with Crippen LogP contribution in [0.1, 0.15) is 50.2 Å². The van der Waals surface area contributed by atoms with Crippen LogP contribution in [0.2, 0.25) is 0 Å². The van der Waals surface area contributed by atoms with E-state index in [1.807, 2.05) is 32.0 Å². The molecule has 0 unspecified atom stereocenters. The van der Waals surface area contributed by atoms with Crippen molar-refractivity contribution in [2.45, 2.75) is 47.1 Å². The van der Waals surface area contributed by atoms with E-state index < -0.39 is 5.91 Å². The number of aldehydes is 1. The lowest BCUT2D eigenvalue weighted by Gasteiger charge is -2.08. The lowest BCUT2D eigenvalue weighted by molar-refractivity contribution is -0.120. The molecule has 9 nitrogen and oxygen atoms in total. The van der Waals surface area contributed by atoms with Crippen LogP contribution in [0.4, 0.5) is 0 Å². The Bertz CT molecular complexity index is 733. The number of hydrogen-bond donors (Lipinski definition) is 3. The Morgan fingerprint density at radius 1 is 1.06 bits per heavy atom. The second-order valence-corrected chi connectivity index (χ2v) is 6.55. The van der Waals surface area contributed by atoms with Crippen molar-refractivity contribution in [3.8, 4) is 0 Å². The van der Waals surface area contributed by atoms with Crippen molar-refractivity contribution in [2.75, 3.05) is 13.1 Å². The molecule has 0 aliphatic heterocycles. The van der Waals surface area contributed by atoms with Crippen LogP contribution < -0.4 is 16.0 Å². The molecular formula is C23H35N5O4. The molecule has 32 heavy (non-hydrogen) atoms. The predicted molar refractivity (Wildman–Crippen MR) is 125 cm³/mol. The van der Waals surface area contributed by atoms with Crippen LogP contribution in [0.15, 0.2) is 48.9 Å². The molecular weight excluding hydrogens is 410 g/mol. The van der Waals surface area contributed by atoms with Gasteiger partial charge < -0.3 is 20.7 Å². The minimum atomic E-state index is -0.410. The number of nitrogens with one attached hydrogen (secondary N) is 3. The first-order chi connectivity index (χ1) is 15.3.